The number of aromatic nitrogens is 2. The molecule has 4 aliphatic rings. The average molecular weight is 294 g/mol. The van der Waals surface area contributed by atoms with Crippen LogP contribution in [0.25, 0.3) is 0 Å². The molecule has 4 saturated carbocycles. The van der Waals surface area contributed by atoms with Crippen LogP contribution in [0.1, 0.15) is 32.1 Å². The van der Waals surface area contributed by atoms with Crippen molar-refractivity contribution in [3.63, 3.8) is 0 Å². The maximum absolute atomic E-state index is 12.2. The molecule has 1 aromatic heterocycles. The normalized spacial score (nSPS) is 38.1. The minimum atomic E-state index is 0.0715. The molecule has 5 heteroatoms. The van der Waals surface area contributed by atoms with E-state index in [0.29, 0.717) is 11.1 Å². The minimum absolute atomic E-state index is 0.0715. The zero-order chi connectivity index (χ0) is 13.7. The number of hydrogen-bond acceptors (Lipinski definition) is 2. The molecule has 0 radical (unpaired) electrons. The van der Waals surface area contributed by atoms with E-state index in [4.69, 9.17) is 11.6 Å². The summed E-state index contributed by atoms with van der Waals surface area (Å²) in [6.45, 7) is 0.273. The van der Waals surface area contributed by atoms with Crippen molar-refractivity contribution in [3.05, 3.63) is 17.4 Å². The van der Waals surface area contributed by atoms with Crippen LogP contribution in [0, 0.1) is 23.7 Å². The van der Waals surface area contributed by atoms with Crippen molar-refractivity contribution in [2.75, 3.05) is 0 Å². The highest BCUT2D eigenvalue weighted by molar-refractivity contribution is 6.30. The third kappa shape index (κ3) is 2.24. The lowest BCUT2D eigenvalue weighted by Gasteiger charge is -2.54. The Morgan fingerprint density at radius 2 is 1.90 bits per heavy atom. The maximum Gasteiger partial charge on any atom is 0.241 e. The molecule has 4 aliphatic carbocycles. The lowest BCUT2D eigenvalue weighted by molar-refractivity contribution is -0.125. The van der Waals surface area contributed by atoms with Gasteiger partial charge in [-0.25, -0.2) is 0 Å². The van der Waals surface area contributed by atoms with Gasteiger partial charge >= 0.3 is 0 Å². The van der Waals surface area contributed by atoms with Gasteiger partial charge < -0.3 is 5.32 Å². The summed E-state index contributed by atoms with van der Waals surface area (Å²) >= 11 is 5.82. The Morgan fingerprint density at radius 3 is 2.45 bits per heavy atom. The van der Waals surface area contributed by atoms with Crippen molar-refractivity contribution in [1.82, 2.24) is 15.1 Å². The lowest BCUT2D eigenvalue weighted by Crippen LogP contribution is -2.56. The summed E-state index contributed by atoms with van der Waals surface area (Å²) in [5.41, 5.74) is 0. The van der Waals surface area contributed by atoms with Crippen LogP contribution in [-0.4, -0.2) is 21.7 Å². The highest BCUT2D eigenvalue weighted by atomic mass is 35.5. The van der Waals surface area contributed by atoms with Gasteiger partial charge in [0, 0.05) is 12.2 Å². The second-order valence-electron chi connectivity index (χ2n) is 6.88. The lowest BCUT2D eigenvalue weighted by atomic mass is 9.54. The van der Waals surface area contributed by atoms with E-state index in [1.54, 1.807) is 17.1 Å². The molecule has 0 unspecified atom stereocenters. The van der Waals surface area contributed by atoms with Crippen molar-refractivity contribution >= 4 is 17.5 Å². The van der Waals surface area contributed by atoms with Crippen LogP contribution in [0.2, 0.25) is 5.02 Å². The predicted octanol–water partition coefficient (Wildman–Crippen LogP) is 2.48. The smallest absolute Gasteiger partial charge is 0.241 e. The van der Waals surface area contributed by atoms with Crippen molar-refractivity contribution < 1.29 is 4.79 Å². The quantitative estimate of drug-likeness (QED) is 0.931. The summed E-state index contributed by atoms with van der Waals surface area (Å²) < 4.78 is 1.60. The molecule has 4 fully saturated rings. The number of nitrogens with zero attached hydrogens (tertiary/aromatic N) is 2. The van der Waals surface area contributed by atoms with E-state index >= 15 is 0 Å². The zero-order valence-corrected chi connectivity index (χ0v) is 12.2. The molecule has 108 valence electrons. The molecule has 0 aliphatic heterocycles. The van der Waals surface area contributed by atoms with Gasteiger partial charge in [0.15, 0.2) is 0 Å². The van der Waals surface area contributed by atoms with Gasteiger partial charge in [-0.15, -0.1) is 0 Å². The topological polar surface area (TPSA) is 46.9 Å². The zero-order valence-electron chi connectivity index (χ0n) is 11.5. The molecule has 5 rings (SSSR count). The fourth-order valence-electron chi connectivity index (χ4n) is 4.96. The van der Waals surface area contributed by atoms with Crippen molar-refractivity contribution in [2.24, 2.45) is 23.7 Å². The summed E-state index contributed by atoms with van der Waals surface area (Å²) in [4.78, 5) is 12.2. The number of hydrogen-bond donors (Lipinski definition) is 1. The van der Waals surface area contributed by atoms with Gasteiger partial charge in [0.05, 0.1) is 11.2 Å². The third-order valence-electron chi connectivity index (χ3n) is 5.46. The van der Waals surface area contributed by atoms with Crippen LogP contribution in [0.5, 0.6) is 0 Å². The van der Waals surface area contributed by atoms with E-state index in [-0.39, 0.29) is 12.5 Å². The van der Waals surface area contributed by atoms with Gasteiger partial charge in [0.2, 0.25) is 5.91 Å². The number of amides is 1. The van der Waals surface area contributed by atoms with E-state index in [9.17, 15) is 4.79 Å². The van der Waals surface area contributed by atoms with E-state index in [1.807, 2.05) is 0 Å². The van der Waals surface area contributed by atoms with Crippen LogP contribution < -0.4 is 5.32 Å². The average Bonchev–Trinajstić information content (AvgIpc) is 2.78. The molecule has 1 aromatic rings. The minimum Gasteiger partial charge on any atom is -0.351 e. The molecular weight excluding hydrogens is 274 g/mol. The van der Waals surface area contributed by atoms with Crippen LogP contribution in [0.4, 0.5) is 0 Å². The number of halogens is 1. The molecular formula is C15H20ClN3O. The maximum atomic E-state index is 12.2. The summed E-state index contributed by atoms with van der Waals surface area (Å²) in [5.74, 6) is 3.39. The SMILES string of the molecule is O=C(Cn1cc(Cl)cn1)NC1C2CC3CC(C2)CC1C3. The van der Waals surface area contributed by atoms with Crippen LogP contribution in [0.15, 0.2) is 12.4 Å². The van der Waals surface area contributed by atoms with Crippen LogP contribution in [0.3, 0.4) is 0 Å². The number of nitrogens with one attached hydrogen (secondary N) is 1. The van der Waals surface area contributed by atoms with Gasteiger partial charge in [-0.1, -0.05) is 11.6 Å². The first kappa shape index (κ1) is 12.7. The largest absolute Gasteiger partial charge is 0.351 e. The molecule has 1 N–H and O–H groups in total. The Bertz CT molecular complexity index is 499. The van der Waals surface area contributed by atoms with Gasteiger partial charge in [-0.05, 0) is 55.8 Å². The van der Waals surface area contributed by atoms with Gasteiger partial charge in [-0.3, -0.25) is 9.48 Å². The molecule has 0 spiro atoms. The van der Waals surface area contributed by atoms with E-state index in [0.717, 1.165) is 23.7 Å². The van der Waals surface area contributed by atoms with Gasteiger partial charge in [0.25, 0.3) is 0 Å². The van der Waals surface area contributed by atoms with Crippen LogP contribution >= 0.6 is 11.6 Å². The third-order valence-corrected chi connectivity index (χ3v) is 5.66. The summed E-state index contributed by atoms with van der Waals surface area (Å²) in [6, 6.07) is 0.404. The molecule has 20 heavy (non-hydrogen) atoms. The Kier molecular flexibility index (Phi) is 3.02. The number of carbonyl (C=O) groups is 1. The van der Waals surface area contributed by atoms with Gasteiger partial charge in [0.1, 0.15) is 6.54 Å². The highest BCUT2D eigenvalue weighted by Gasteiger charge is 2.48. The van der Waals surface area contributed by atoms with Crippen molar-refractivity contribution in [2.45, 2.75) is 44.7 Å². The molecule has 4 nitrogen and oxygen atoms in total. The molecule has 1 amide bonds. The Hall–Kier alpha value is -1.03. The van der Waals surface area contributed by atoms with Crippen molar-refractivity contribution in [1.29, 1.82) is 0 Å². The van der Waals surface area contributed by atoms with E-state index in [1.165, 1.54) is 32.1 Å². The van der Waals surface area contributed by atoms with Crippen LogP contribution in [-0.2, 0) is 11.3 Å². The standard InChI is InChI=1S/C15H20ClN3O/c16-13-6-17-19(7-13)8-14(20)18-15-11-2-9-1-10(4-11)5-12(15)3-9/h6-7,9-12,15H,1-5,8H2,(H,18,20). The second-order valence-corrected chi connectivity index (χ2v) is 7.32. The molecule has 0 aromatic carbocycles. The Labute approximate surface area is 123 Å². The van der Waals surface area contributed by atoms with Crippen molar-refractivity contribution in [3.8, 4) is 0 Å². The Balaban J connectivity index is 1.40. The fourth-order valence-corrected chi connectivity index (χ4v) is 5.12. The molecule has 1 heterocycles. The highest BCUT2D eigenvalue weighted by Crippen LogP contribution is 2.53. The molecule has 0 saturated heterocycles. The summed E-state index contributed by atoms with van der Waals surface area (Å²) in [5, 5.41) is 7.92. The first-order chi connectivity index (χ1) is 9.67. The van der Waals surface area contributed by atoms with Gasteiger partial charge in [-0.2, -0.15) is 5.10 Å². The first-order valence-electron chi connectivity index (χ1n) is 7.64. The summed E-state index contributed by atoms with van der Waals surface area (Å²) in [7, 11) is 0. The fraction of sp³-hybridized carbons (Fsp3) is 0.733. The van der Waals surface area contributed by atoms with E-state index < -0.39 is 0 Å². The predicted molar refractivity (Wildman–Crippen MR) is 76.2 cm³/mol. The first-order valence-corrected chi connectivity index (χ1v) is 8.02. The second kappa shape index (κ2) is 4.76. The molecule has 4 bridgehead atoms. The Morgan fingerprint density at radius 1 is 1.25 bits per heavy atom. The summed E-state index contributed by atoms with van der Waals surface area (Å²) in [6.07, 6.45) is 10.0. The number of carbonyl (C=O) groups excluding carboxylic acids is 1. The number of rotatable bonds is 3. The van der Waals surface area contributed by atoms with E-state index in [2.05, 4.69) is 10.4 Å². The molecule has 0 atom stereocenters. The monoisotopic (exact) mass is 293 g/mol.